The Hall–Kier alpha value is -2.86. The fourth-order valence-electron chi connectivity index (χ4n) is 4.22. The summed E-state index contributed by atoms with van der Waals surface area (Å²) in [5, 5.41) is 3.43. The summed E-state index contributed by atoms with van der Waals surface area (Å²) in [5.41, 5.74) is 4.42. The Labute approximate surface area is 171 Å². The predicted molar refractivity (Wildman–Crippen MR) is 113 cm³/mol. The Morgan fingerprint density at radius 3 is 2.59 bits per heavy atom. The molecule has 0 saturated carbocycles. The molecule has 6 heteroatoms. The maximum Gasteiger partial charge on any atom is 0.329 e. The highest BCUT2D eigenvalue weighted by molar-refractivity contribution is 6.07. The number of fused-ring (bicyclic) bond motifs is 1. The fraction of sp³-hybridized carbons (Fsp3) is 0.391. The van der Waals surface area contributed by atoms with Crippen LogP contribution in [-0.4, -0.2) is 44.8 Å². The van der Waals surface area contributed by atoms with Crippen molar-refractivity contribution >= 4 is 23.4 Å². The highest BCUT2D eigenvalue weighted by Crippen LogP contribution is 2.32. The number of nitrogens with zero attached hydrogens (tertiary/aromatic N) is 2. The fourth-order valence-corrected chi connectivity index (χ4v) is 4.22. The molecule has 0 spiro atoms. The summed E-state index contributed by atoms with van der Waals surface area (Å²) in [5.74, 6) is -0.247. The third kappa shape index (κ3) is 4.12. The van der Waals surface area contributed by atoms with E-state index in [4.69, 9.17) is 4.74 Å². The Morgan fingerprint density at radius 1 is 1.07 bits per heavy atom. The minimum atomic E-state index is -0.247. The van der Waals surface area contributed by atoms with Crippen molar-refractivity contribution in [1.82, 2.24) is 5.32 Å². The van der Waals surface area contributed by atoms with Crippen LogP contribution in [0.5, 0.6) is 0 Å². The van der Waals surface area contributed by atoms with Gasteiger partial charge in [0.15, 0.2) is 0 Å². The van der Waals surface area contributed by atoms with Crippen LogP contribution < -0.4 is 15.1 Å². The van der Waals surface area contributed by atoms with E-state index in [9.17, 15) is 9.59 Å². The van der Waals surface area contributed by atoms with E-state index in [1.54, 1.807) is 4.90 Å². The summed E-state index contributed by atoms with van der Waals surface area (Å²) in [4.78, 5) is 28.8. The van der Waals surface area contributed by atoms with Crippen molar-refractivity contribution in [3.8, 4) is 0 Å². The number of carbonyl (C=O) groups excluding carboxylic acids is 2. The minimum absolute atomic E-state index is 0.0437. The number of methoxy groups -OCH3 is 1. The number of esters is 1. The first-order chi connectivity index (χ1) is 14.2. The Kier molecular flexibility index (Phi) is 5.81. The zero-order valence-corrected chi connectivity index (χ0v) is 16.8. The van der Waals surface area contributed by atoms with Crippen LogP contribution in [0.1, 0.15) is 24.0 Å². The third-order valence-corrected chi connectivity index (χ3v) is 5.78. The second-order valence-corrected chi connectivity index (χ2v) is 7.57. The van der Waals surface area contributed by atoms with Gasteiger partial charge in [0.1, 0.15) is 0 Å². The van der Waals surface area contributed by atoms with Crippen molar-refractivity contribution < 1.29 is 14.3 Å². The van der Waals surface area contributed by atoms with Crippen molar-refractivity contribution in [3.05, 3.63) is 59.7 Å². The van der Waals surface area contributed by atoms with E-state index in [1.807, 2.05) is 41.3 Å². The molecule has 1 saturated heterocycles. The molecule has 2 amide bonds. The molecule has 2 aromatic rings. The number of anilines is 2. The number of urea groups is 1. The molecular formula is C23H27N3O3. The Balaban J connectivity index is 1.64. The number of benzene rings is 2. The monoisotopic (exact) mass is 393 g/mol. The van der Waals surface area contributed by atoms with Gasteiger partial charge in [0.05, 0.1) is 13.2 Å². The van der Waals surface area contributed by atoms with Crippen molar-refractivity contribution in [3.63, 3.8) is 0 Å². The van der Waals surface area contributed by atoms with Gasteiger partial charge in [0.2, 0.25) is 0 Å². The van der Waals surface area contributed by atoms with Gasteiger partial charge in [-0.15, -0.1) is 0 Å². The molecule has 1 atom stereocenters. The number of hydrogen-bond acceptors (Lipinski definition) is 4. The molecule has 1 fully saturated rings. The van der Waals surface area contributed by atoms with E-state index in [0.717, 1.165) is 37.3 Å². The lowest BCUT2D eigenvalue weighted by Gasteiger charge is -2.24. The van der Waals surface area contributed by atoms with Gasteiger partial charge in [-0.1, -0.05) is 24.3 Å². The van der Waals surface area contributed by atoms with Gasteiger partial charge >= 0.3 is 12.0 Å². The van der Waals surface area contributed by atoms with Gasteiger partial charge < -0.3 is 10.1 Å². The highest BCUT2D eigenvalue weighted by Gasteiger charge is 2.39. The zero-order chi connectivity index (χ0) is 20.2. The first-order valence-electron chi connectivity index (χ1n) is 10.2. The zero-order valence-electron chi connectivity index (χ0n) is 16.8. The molecule has 0 aromatic heterocycles. The van der Waals surface area contributed by atoms with Crippen LogP contribution >= 0.6 is 0 Å². The number of nitrogens with one attached hydrogen (secondary N) is 1. The van der Waals surface area contributed by atoms with Crippen molar-refractivity contribution in [1.29, 1.82) is 0 Å². The average Bonchev–Trinajstić information content (AvgIpc) is 2.92. The summed E-state index contributed by atoms with van der Waals surface area (Å²) in [7, 11) is 1.40. The topological polar surface area (TPSA) is 61.9 Å². The van der Waals surface area contributed by atoms with Crippen LogP contribution in [0.15, 0.2) is 48.5 Å². The normalized spacial score (nSPS) is 19.1. The number of ether oxygens (including phenoxy) is 1. The summed E-state index contributed by atoms with van der Waals surface area (Å²) in [6, 6.07) is 15.9. The quantitative estimate of drug-likeness (QED) is 0.793. The summed E-state index contributed by atoms with van der Waals surface area (Å²) < 4.78 is 4.81. The number of rotatable bonds is 5. The van der Waals surface area contributed by atoms with Gasteiger partial charge in [-0.05, 0) is 67.7 Å². The largest absolute Gasteiger partial charge is 0.469 e. The number of hydrogen-bond donors (Lipinski definition) is 1. The smallest absolute Gasteiger partial charge is 0.329 e. The van der Waals surface area contributed by atoms with Crippen molar-refractivity contribution in [2.75, 3.05) is 36.5 Å². The van der Waals surface area contributed by atoms with E-state index in [-0.39, 0.29) is 18.0 Å². The van der Waals surface area contributed by atoms with E-state index < -0.39 is 0 Å². The van der Waals surface area contributed by atoms with E-state index >= 15 is 0 Å². The SMILES string of the molecule is COC(=O)CCC1CN(c2ccccc2)C(=O)N1c1ccc2c(c1)CCNCC2. The first-order valence-corrected chi connectivity index (χ1v) is 10.2. The molecule has 4 rings (SSSR count). The first kappa shape index (κ1) is 19.5. The molecule has 0 aliphatic carbocycles. The maximum atomic E-state index is 13.4. The van der Waals surface area contributed by atoms with E-state index in [0.29, 0.717) is 19.4 Å². The van der Waals surface area contributed by atoms with Crippen LogP contribution in [0.25, 0.3) is 0 Å². The second kappa shape index (κ2) is 8.66. The van der Waals surface area contributed by atoms with Gasteiger partial charge in [-0.25, -0.2) is 4.79 Å². The molecule has 2 aliphatic heterocycles. The molecule has 29 heavy (non-hydrogen) atoms. The van der Waals surface area contributed by atoms with Crippen LogP contribution in [0.2, 0.25) is 0 Å². The second-order valence-electron chi connectivity index (χ2n) is 7.57. The lowest BCUT2D eigenvalue weighted by molar-refractivity contribution is -0.140. The summed E-state index contributed by atoms with van der Waals surface area (Å²) in [6.07, 6.45) is 2.83. The standard InChI is InChI=1S/C23H27N3O3/c1-29-22(27)10-9-21-16-25(19-5-3-2-4-6-19)23(28)26(21)20-8-7-17-11-13-24-14-12-18(17)15-20/h2-8,15,21,24H,9-14,16H2,1H3. The van der Waals surface area contributed by atoms with Crippen molar-refractivity contribution in [2.24, 2.45) is 0 Å². The van der Waals surface area contributed by atoms with Gasteiger partial charge in [-0.3, -0.25) is 14.6 Å². The minimum Gasteiger partial charge on any atom is -0.469 e. The molecule has 2 heterocycles. The molecule has 152 valence electrons. The third-order valence-electron chi connectivity index (χ3n) is 5.78. The number of carbonyl (C=O) groups is 2. The molecule has 0 radical (unpaired) electrons. The highest BCUT2D eigenvalue weighted by atomic mass is 16.5. The van der Waals surface area contributed by atoms with Gasteiger partial charge in [-0.2, -0.15) is 0 Å². The van der Waals surface area contributed by atoms with Crippen LogP contribution in [0, 0.1) is 0 Å². The predicted octanol–water partition coefficient (Wildman–Crippen LogP) is 3.14. The average molecular weight is 393 g/mol. The van der Waals surface area contributed by atoms with Gasteiger partial charge in [0.25, 0.3) is 0 Å². The number of para-hydroxylation sites is 1. The summed E-state index contributed by atoms with van der Waals surface area (Å²) in [6.45, 7) is 2.49. The lowest BCUT2D eigenvalue weighted by Crippen LogP contribution is -2.35. The lowest BCUT2D eigenvalue weighted by atomic mass is 10.0. The molecule has 2 aliphatic rings. The van der Waals surface area contributed by atoms with Crippen LogP contribution in [-0.2, 0) is 22.4 Å². The number of amides is 2. The molecule has 2 aromatic carbocycles. The molecule has 0 bridgehead atoms. The Morgan fingerprint density at radius 2 is 1.83 bits per heavy atom. The molecule has 1 unspecified atom stereocenters. The molecule has 1 N–H and O–H groups in total. The van der Waals surface area contributed by atoms with Crippen LogP contribution in [0.3, 0.4) is 0 Å². The Bertz CT molecular complexity index is 884. The summed E-state index contributed by atoms with van der Waals surface area (Å²) >= 11 is 0. The van der Waals surface area contributed by atoms with E-state index in [2.05, 4.69) is 17.4 Å². The van der Waals surface area contributed by atoms with Crippen LogP contribution in [0.4, 0.5) is 16.2 Å². The van der Waals surface area contributed by atoms with Crippen molar-refractivity contribution in [2.45, 2.75) is 31.7 Å². The molecular weight excluding hydrogens is 366 g/mol. The maximum absolute atomic E-state index is 13.4. The van der Waals surface area contributed by atoms with Gasteiger partial charge in [0, 0.05) is 24.3 Å². The molecule has 6 nitrogen and oxygen atoms in total. The van der Waals surface area contributed by atoms with E-state index in [1.165, 1.54) is 18.2 Å².